The third-order valence-corrected chi connectivity index (χ3v) is 3.34. The van der Waals surface area contributed by atoms with Crippen LogP contribution in [-0.4, -0.2) is 11.2 Å². The number of phenolic OH excluding ortho intramolecular Hbond substituents is 1. The molecule has 0 spiro atoms. The van der Waals surface area contributed by atoms with Crippen molar-refractivity contribution < 1.29 is 18.7 Å². The Hall–Kier alpha value is -1.26. The van der Waals surface area contributed by atoms with E-state index in [0.717, 1.165) is 6.07 Å². The van der Waals surface area contributed by atoms with Crippen molar-refractivity contribution in [1.82, 2.24) is 0 Å². The lowest BCUT2D eigenvalue weighted by Crippen LogP contribution is -2.09. The van der Waals surface area contributed by atoms with Crippen LogP contribution in [0.1, 0.15) is 18.4 Å². The molecule has 0 saturated heterocycles. The van der Waals surface area contributed by atoms with Gasteiger partial charge in [-0.25, -0.2) is 13.6 Å². The Kier molecular flexibility index (Phi) is 2.56. The molecule has 0 heterocycles. The first-order valence-corrected chi connectivity index (χ1v) is 5.27. The number of phenols is 1. The summed E-state index contributed by atoms with van der Waals surface area (Å²) in [5, 5.41) is 9.19. The summed E-state index contributed by atoms with van der Waals surface area (Å²) in [6.45, 7) is 0. The second kappa shape index (κ2) is 3.64. The molecule has 84 valence electrons. The largest absolute Gasteiger partial charge is 0.507 e. The molecule has 6 heteroatoms. The molecule has 0 radical (unpaired) electrons. The number of hydrogen-bond acceptors (Lipinski definition) is 3. The number of rotatable bonds is 2. The Morgan fingerprint density at radius 2 is 2.12 bits per heavy atom. The van der Waals surface area contributed by atoms with Crippen LogP contribution >= 0.6 is 15.9 Å². The zero-order valence-electron chi connectivity index (χ0n) is 7.93. The molecule has 3 nitrogen and oxygen atoms in total. The lowest BCUT2D eigenvalue weighted by atomic mass is 10.0. The van der Waals surface area contributed by atoms with Gasteiger partial charge in [0.25, 0.3) is 0 Å². The minimum absolute atomic E-state index is 0.226. The first kappa shape index (κ1) is 11.2. The fourth-order valence-electron chi connectivity index (χ4n) is 1.63. The Balaban J connectivity index is 2.66. The fraction of sp³-hybridized carbons (Fsp3) is 0.300. The van der Waals surface area contributed by atoms with E-state index < -0.39 is 22.9 Å². The number of aromatic hydroxyl groups is 1. The standard InChI is InChI=1S/C10H6BrF2NO2/c11-8-6(16)3-5(12)7(9(8)13)10(1-2-10)14-4-15/h3,16H,1-2H2. The Morgan fingerprint density at radius 3 is 2.62 bits per heavy atom. The number of isocyanates is 1. The highest BCUT2D eigenvalue weighted by Crippen LogP contribution is 2.52. The average molecular weight is 290 g/mol. The van der Waals surface area contributed by atoms with Crippen LogP contribution in [0.5, 0.6) is 5.75 Å². The first-order valence-electron chi connectivity index (χ1n) is 4.48. The van der Waals surface area contributed by atoms with Crippen molar-refractivity contribution >= 4 is 22.0 Å². The van der Waals surface area contributed by atoms with Crippen LogP contribution in [0.2, 0.25) is 0 Å². The van der Waals surface area contributed by atoms with Crippen LogP contribution in [0.3, 0.4) is 0 Å². The molecule has 1 fully saturated rings. The summed E-state index contributed by atoms with van der Waals surface area (Å²) in [5.74, 6) is -2.35. The molecular weight excluding hydrogens is 284 g/mol. The zero-order valence-corrected chi connectivity index (χ0v) is 9.51. The van der Waals surface area contributed by atoms with E-state index >= 15 is 0 Å². The molecule has 0 aliphatic heterocycles. The van der Waals surface area contributed by atoms with Crippen molar-refractivity contribution in [2.24, 2.45) is 4.99 Å². The van der Waals surface area contributed by atoms with E-state index in [4.69, 9.17) is 0 Å². The van der Waals surface area contributed by atoms with Gasteiger partial charge in [-0.3, -0.25) is 0 Å². The number of aliphatic imine (C=N–C) groups is 1. The van der Waals surface area contributed by atoms with Crippen molar-refractivity contribution in [3.05, 3.63) is 27.7 Å². The molecule has 1 saturated carbocycles. The summed E-state index contributed by atoms with van der Waals surface area (Å²) in [6.07, 6.45) is 2.11. The molecule has 0 aromatic heterocycles. The van der Waals surface area contributed by atoms with Crippen molar-refractivity contribution in [3.8, 4) is 5.75 Å². The zero-order chi connectivity index (χ0) is 11.9. The van der Waals surface area contributed by atoms with Gasteiger partial charge >= 0.3 is 0 Å². The highest BCUT2D eigenvalue weighted by atomic mass is 79.9. The van der Waals surface area contributed by atoms with E-state index in [0.29, 0.717) is 12.8 Å². The predicted molar refractivity (Wildman–Crippen MR) is 54.8 cm³/mol. The monoisotopic (exact) mass is 289 g/mol. The second-order valence-electron chi connectivity index (χ2n) is 3.62. The van der Waals surface area contributed by atoms with Gasteiger partial charge in [-0.1, -0.05) is 0 Å². The smallest absolute Gasteiger partial charge is 0.235 e. The Bertz CT molecular complexity index is 508. The van der Waals surface area contributed by atoms with E-state index in [9.17, 15) is 18.7 Å². The maximum Gasteiger partial charge on any atom is 0.235 e. The summed E-state index contributed by atoms with van der Waals surface area (Å²) in [6, 6.07) is 0.795. The van der Waals surface area contributed by atoms with Crippen molar-refractivity contribution in [3.63, 3.8) is 0 Å². The normalized spacial score (nSPS) is 16.7. The van der Waals surface area contributed by atoms with Gasteiger partial charge in [0.1, 0.15) is 22.9 Å². The molecular formula is C10H6BrF2NO2. The van der Waals surface area contributed by atoms with Crippen molar-refractivity contribution in [2.75, 3.05) is 0 Å². The van der Waals surface area contributed by atoms with Crippen LogP contribution in [0.15, 0.2) is 15.5 Å². The third kappa shape index (κ3) is 1.54. The van der Waals surface area contributed by atoms with E-state index in [1.165, 1.54) is 6.08 Å². The number of hydrogen-bond donors (Lipinski definition) is 1. The molecule has 0 amide bonds. The molecule has 16 heavy (non-hydrogen) atoms. The molecule has 1 aliphatic carbocycles. The molecule has 1 aromatic rings. The van der Waals surface area contributed by atoms with Gasteiger partial charge in [0.2, 0.25) is 6.08 Å². The minimum atomic E-state index is -1.13. The number of halogens is 3. The summed E-state index contributed by atoms with van der Waals surface area (Å²) >= 11 is 2.80. The minimum Gasteiger partial charge on any atom is -0.507 e. The molecule has 1 aromatic carbocycles. The lowest BCUT2D eigenvalue weighted by molar-refractivity contribution is 0.445. The molecule has 1 N–H and O–H groups in total. The van der Waals surface area contributed by atoms with Crippen LogP contribution < -0.4 is 0 Å². The number of benzene rings is 1. The molecule has 0 unspecified atom stereocenters. The van der Waals surface area contributed by atoms with Crippen LogP contribution in [0.25, 0.3) is 0 Å². The van der Waals surface area contributed by atoms with Crippen LogP contribution in [0.4, 0.5) is 8.78 Å². The lowest BCUT2D eigenvalue weighted by Gasteiger charge is -2.12. The number of nitrogens with zero attached hydrogens (tertiary/aromatic N) is 1. The number of carbonyl (C=O) groups excluding carboxylic acids is 1. The fourth-order valence-corrected chi connectivity index (χ4v) is 1.95. The summed E-state index contributed by atoms with van der Waals surface area (Å²) in [5.41, 5.74) is -1.42. The van der Waals surface area contributed by atoms with Gasteiger partial charge in [0.15, 0.2) is 0 Å². The Morgan fingerprint density at radius 1 is 1.50 bits per heavy atom. The second-order valence-corrected chi connectivity index (χ2v) is 4.41. The van der Waals surface area contributed by atoms with E-state index in [-0.39, 0.29) is 10.0 Å². The molecule has 2 rings (SSSR count). The van der Waals surface area contributed by atoms with Crippen molar-refractivity contribution in [2.45, 2.75) is 18.4 Å². The highest BCUT2D eigenvalue weighted by molar-refractivity contribution is 9.10. The first-order chi connectivity index (χ1) is 7.52. The van der Waals surface area contributed by atoms with Gasteiger partial charge < -0.3 is 5.11 Å². The molecule has 0 atom stereocenters. The maximum atomic E-state index is 13.7. The van der Waals surface area contributed by atoms with E-state index in [1.54, 1.807) is 0 Å². The average Bonchev–Trinajstić information content (AvgIpc) is 2.96. The van der Waals surface area contributed by atoms with Gasteiger partial charge in [-0.05, 0) is 28.8 Å². The SMILES string of the molecule is O=C=NC1(c2c(F)cc(O)c(Br)c2F)CC1. The van der Waals surface area contributed by atoms with E-state index in [2.05, 4.69) is 20.9 Å². The highest BCUT2D eigenvalue weighted by Gasteiger charge is 2.49. The maximum absolute atomic E-state index is 13.7. The summed E-state index contributed by atoms with van der Waals surface area (Å²) in [7, 11) is 0. The van der Waals surface area contributed by atoms with Gasteiger partial charge in [-0.15, -0.1) is 0 Å². The van der Waals surface area contributed by atoms with Crippen molar-refractivity contribution in [1.29, 1.82) is 0 Å². The third-order valence-electron chi connectivity index (χ3n) is 2.59. The topological polar surface area (TPSA) is 49.7 Å². The predicted octanol–water partition coefficient (Wildman–Crippen LogP) is 2.76. The summed E-state index contributed by atoms with van der Waals surface area (Å²) < 4.78 is 27.1. The van der Waals surface area contributed by atoms with Crippen LogP contribution in [0, 0.1) is 11.6 Å². The quantitative estimate of drug-likeness (QED) is 0.517. The van der Waals surface area contributed by atoms with E-state index in [1.807, 2.05) is 0 Å². The van der Waals surface area contributed by atoms with Gasteiger partial charge in [0, 0.05) is 6.07 Å². The van der Waals surface area contributed by atoms with Gasteiger partial charge in [0.05, 0.1) is 10.0 Å². The van der Waals surface area contributed by atoms with Gasteiger partial charge in [-0.2, -0.15) is 4.99 Å². The van der Waals surface area contributed by atoms with Crippen LogP contribution in [-0.2, 0) is 10.3 Å². The summed E-state index contributed by atoms with van der Waals surface area (Å²) in [4.78, 5) is 13.7. The molecule has 1 aliphatic rings. The molecule has 0 bridgehead atoms. The Labute approximate surface area is 97.9 Å².